The van der Waals surface area contributed by atoms with Crippen LogP contribution < -0.4 is 29.2 Å². The van der Waals surface area contributed by atoms with Crippen LogP contribution in [0.4, 0.5) is 0 Å². The monoisotopic (exact) mass is 1050 g/mol. The molecule has 18 heteroatoms. The molecule has 5 heterocycles. The second-order valence-corrected chi connectivity index (χ2v) is 21.7. The molecule has 0 radical (unpaired) electrons. The van der Waals surface area contributed by atoms with Gasteiger partial charge in [-0.15, -0.1) is 0 Å². The van der Waals surface area contributed by atoms with Gasteiger partial charge in [-0.05, 0) is 133 Å². The molecule has 1 N–H and O–H groups in total. The number of carbonyl (C=O) groups excluding carboxylic acids is 1. The van der Waals surface area contributed by atoms with Gasteiger partial charge in [0.25, 0.3) is 11.5 Å². The highest BCUT2D eigenvalue weighted by Crippen LogP contribution is 2.50. The van der Waals surface area contributed by atoms with Crippen molar-refractivity contribution in [1.29, 1.82) is 0 Å². The molecule has 75 heavy (non-hydrogen) atoms. The van der Waals surface area contributed by atoms with E-state index in [9.17, 15) is 18.3 Å². The van der Waals surface area contributed by atoms with Gasteiger partial charge in [-0.1, -0.05) is 31.5 Å². The molecule has 0 saturated carbocycles. The van der Waals surface area contributed by atoms with Crippen molar-refractivity contribution in [2.45, 2.75) is 81.6 Å². The van der Waals surface area contributed by atoms with E-state index in [2.05, 4.69) is 24.0 Å². The first-order valence-electron chi connectivity index (χ1n) is 25.9. The number of aliphatic hydroxyl groups excluding tert-OH is 1. The van der Waals surface area contributed by atoms with Crippen molar-refractivity contribution >= 4 is 15.9 Å². The summed E-state index contributed by atoms with van der Waals surface area (Å²) in [6.45, 7) is 5.51. The maximum absolute atomic E-state index is 15.7. The lowest BCUT2D eigenvalue weighted by Crippen LogP contribution is -2.48. The molecule has 1 aromatic heterocycles. The van der Waals surface area contributed by atoms with Crippen LogP contribution in [0.25, 0.3) is 5.69 Å². The van der Waals surface area contributed by atoms with E-state index in [1.54, 1.807) is 51.3 Å². The first kappa shape index (κ1) is 53.5. The van der Waals surface area contributed by atoms with Crippen LogP contribution in [-0.4, -0.2) is 131 Å². The summed E-state index contributed by atoms with van der Waals surface area (Å²) in [5.74, 6) is 2.75. The summed E-state index contributed by atoms with van der Waals surface area (Å²) in [7, 11) is 5.86. The number of aromatic nitrogens is 2. The van der Waals surface area contributed by atoms with Gasteiger partial charge >= 0.3 is 0 Å². The lowest BCUT2D eigenvalue weighted by molar-refractivity contribution is -0.155. The van der Waals surface area contributed by atoms with Gasteiger partial charge in [0.05, 0.1) is 65.4 Å². The Bertz CT molecular complexity index is 3050. The number of para-hydroxylation sites is 1. The molecule has 9 rings (SSSR count). The summed E-state index contributed by atoms with van der Waals surface area (Å²) in [4.78, 5) is 35.0. The molecule has 4 aliphatic rings. The Morgan fingerprint density at radius 1 is 0.800 bits per heavy atom. The van der Waals surface area contributed by atoms with Crippen LogP contribution in [0.1, 0.15) is 84.1 Å². The van der Waals surface area contributed by atoms with E-state index in [-0.39, 0.29) is 60.2 Å². The molecule has 17 nitrogen and oxygen atoms in total. The maximum atomic E-state index is 15.7. The smallest absolute Gasteiger partial charge is 0.289 e. The molecular formula is C57H71N5O12S. The molecule has 0 unspecified atom stereocenters. The van der Waals surface area contributed by atoms with E-state index < -0.39 is 34.9 Å². The van der Waals surface area contributed by atoms with Crippen molar-refractivity contribution in [2.75, 3.05) is 81.5 Å². The molecule has 0 spiro atoms. The van der Waals surface area contributed by atoms with E-state index in [1.165, 1.54) is 30.4 Å². The number of allylic oxidation sites excluding steroid dienone is 1. The molecule has 0 aliphatic carbocycles. The Balaban J connectivity index is 1.07. The van der Waals surface area contributed by atoms with Gasteiger partial charge in [0.2, 0.25) is 16.3 Å². The maximum Gasteiger partial charge on any atom is 0.289 e. The largest absolute Gasteiger partial charge is 0.497 e. The zero-order valence-electron chi connectivity index (χ0n) is 44.3. The van der Waals surface area contributed by atoms with Gasteiger partial charge in [0, 0.05) is 69.4 Å². The van der Waals surface area contributed by atoms with Crippen LogP contribution in [0.5, 0.6) is 28.7 Å². The second kappa shape index (κ2) is 22.9. The third-order valence-corrected chi connectivity index (χ3v) is 17.9. The van der Waals surface area contributed by atoms with Crippen molar-refractivity contribution in [1.82, 2.24) is 23.5 Å². The highest BCUT2D eigenvalue weighted by Gasteiger charge is 2.44. The molecule has 4 aromatic carbocycles. The Labute approximate surface area is 440 Å². The number of benzene rings is 4. The predicted molar refractivity (Wildman–Crippen MR) is 283 cm³/mol. The number of methoxy groups -OCH3 is 5. The summed E-state index contributed by atoms with van der Waals surface area (Å²) in [6, 6.07) is 23.5. The van der Waals surface area contributed by atoms with E-state index >= 15 is 4.79 Å². The SMILES string of the molecule is CC[C@H]1CN2CCc3cc(OC)c(OC)cc3[C@@H]2C[C@@H]1C[C@@H]1c2cc(OC)c(OC)cc2CCN1C(=O)C1=C[C@@H](c2c(C)n(C)n(-c3ccccc3)c2=O)C[C@@H](OCCN(CCO)S(=O)(=O)c2ccc(OC)cc2)O1. The molecule has 6 atom stereocenters. The van der Waals surface area contributed by atoms with Gasteiger partial charge in [-0.3, -0.25) is 19.2 Å². The van der Waals surface area contributed by atoms with Crippen LogP contribution in [0.3, 0.4) is 0 Å². The molecular weight excluding hydrogens is 979 g/mol. The van der Waals surface area contributed by atoms with Crippen LogP contribution in [0, 0.1) is 18.8 Å². The summed E-state index contributed by atoms with van der Waals surface area (Å²) < 4.78 is 73.9. The summed E-state index contributed by atoms with van der Waals surface area (Å²) in [6.07, 6.45) is 4.85. The number of piperidine rings is 1. The third-order valence-electron chi connectivity index (χ3n) is 16.0. The van der Waals surface area contributed by atoms with Crippen LogP contribution in [0.2, 0.25) is 0 Å². The number of carbonyl (C=O) groups is 1. The Morgan fingerprint density at radius 3 is 2.08 bits per heavy atom. The normalized spacial score (nSPS) is 21.6. The lowest BCUT2D eigenvalue weighted by Gasteiger charge is -2.49. The zero-order chi connectivity index (χ0) is 53.1. The van der Waals surface area contributed by atoms with E-state index in [0.29, 0.717) is 65.2 Å². The molecule has 5 aromatic rings. The number of sulfonamides is 1. The number of hydrogen-bond acceptors (Lipinski definition) is 13. The minimum Gasteiger partial charge on any atom is -0.497 e. The minimum atomic E-state index is -4.06. The lowest BCUT2D eigenvalue weighted by atomic mass is 9.72. The fourth-order valence-electron chi connectivity index (χ4n) is 12.0. The number of aliphatic hydroxyl groups is 1. The van der Waals surface area contributed by atoms with E-state index in [1.807, 2.05) is 66.0 Å². The highest BCUT2D eigenvalue weighted by atomic mass is 32.2. The standard InChI is InChI=1S/C57H71N5O12S/c1-9-37-35-59-21-19-38-29-49(69-5)51(71-7)33-45(38)47(59)27-40(37)28-48-46-34-52(72-8)50(70-6)30-39(46)20-22-61(48)56(64)53-31-41(55-36(2)58(3)62(57(55)65)42-13-11-10-12-14-42)32-54(74-53)73-26-24-60(23-25-63)75(66,67)44-17-15-43(68-4)16-18-44/h10-18,29-31,33-34,37,40-41,47-48,54,63H,9,19-28,32,35H2,1-8H3/t37-,40+,41+,47-,48+,54-/m0/s1. The molecule has 0 bridgehead atoms. The fourth-order valence-corrected chi connectivity index (χ4v) is 13.4. The Kier molecular flexibility index (Phi) is 16.3. The molecule has 402 valence electrons. The van der Waals surface area contributed by atoms with Gasteiger partial charge in [0.15, 0.2) is 28.8 Å². The van der Waals surface area contributed by atoms with E-state index in [0.717, 1.165) is 53.5 Å². The first-order chi connectivity index (χ1) is 36.3. The van der Waals surface area contributed by atoms with Crippen LogP contribution in [0.15, 0.2) is 100 Å². The number of nitrogens with zero attached hydrogens (tertiary/aromatic N) is 5. The van der Waals surface area contributed by atoms with Gasteiger partial charge in [-0.25, -0.2) is 13.1 Å². The number of fused-ring (bicyclic) bond motifs is 4. The topological polar surface area (TPSA) is 173 Å². The number of amides is 1. The summed E-state index contributed by atoms with van der Waals surface area (Å²) in [5, 5.41) is 10.0. The van der Waals surface area contributed by atoms with Crippen LogP contribution in [-0.2, 0) is 44.2 Å². The van der Waals surface area contributed by atoms with Gasteiger partial charge < -0.3 is 43.2 Å². The average molecular weight is 1050 g/mol. The van der Waals surface area contributed by atoms with Crippen molar-refractivity contribution in [3.8, 4) is 34.4 Å². The predicted octanol–water partition coefficient (Wildman–Crippen LogP) is 7.10. The molecule has 4 aliphatic heterocycles. The highest BCUT2D eigenvalue weighted by molar-refractivity contribution is 7.89. The molecule has 1 saturated heterocycles. The van der Waals surface area contributed by atoms with E-state index in [4.69, 9.17) is 33.2 Å². The third kappa shape index (κ3) is 10.5. The number of rotatable bonds is 19. The van der Waals surface area contributed by atoms with Crippen molar-refractivity contribution in [3.63, 3.8) is 0 Å². The number of hydrogen-bond donors (Lipinski definition) is 1. The minimum absolute atomic E-state index is 0.0322. The first-order valence-corrected chi connectivity index (χ1v) is 27.3. The Hall–Kier alpha value is -6.31. The van der Waals surface area contributed by atoms with Gasteiger partial charge in [0.1, 0.15) is 5.75 Å². The van der Waals surface area contributed by atoms with Gasteiger partial charge in [-0.2, -0.15) is 4.31 Å². The second-order valence-electron chi connectivity index (χ2n) is 19.8. The van der Waals surface area contributed by atoms with Crippen LogP contribution >= 0.6 is 0 Å². The quantitative estimate of drug-likeness (QED) is 0.0889. The Morgan fingerprint density at radius 2 is 1.44 bits per heavy atom. The fraction of sp³-hybridized carbons (Fsp3) is 0.474. The summed E-state index contributed by atoms with van der Waals surface area (Å²) >= 11 is 0. The molecule has 1 amide bonds. The number of ether oxygens (including phenoxy) is 7. The van der Waals surface area contributed by atoms with Crippen molar-refractivity contribution in [3.05, 3.63) is 135 Å². The van der Waals surface area contributed by atoms with Crippen molar-refractivity contribution in [2.24, 2.45) is 18.9 Å². The van der Waals surface area contributed by atoms with Crippen molar-refractivity contribution < 1.29 is 51.5 Å². The average Bonchev–Trinajstić information content (AvgIpc) is 3.67. The summed E-state index contributed by atoms with van der Waals surface area (Å²) in [5.41, 5.74) is 6.21. The zero-order valence-corrected chi connectivity index (χ0v) is 45.1. The molecule has 1 fully saturated rings.